The number of H-pyrrole nitrogens is 1. The molecule has 4 rings (SSSR count). The van der Waals surface area contributed by atoms with Gasteiger partial charge in [0.05, 0.1) is 6.61 Å². The molecule has 3 aromatic rings. The van der Waals surface area contributed by atoms with Crippen molar-refractivity contribution in [3.63, 3.8) is 0 Å². The highest BCUT2D eigenvalue weighted by atomic mass is 16.3. The lowest BCUT2D eigenvalue weighted by Crippen LogP contribution is -2.40. The maximum Gasteiger partial charge on any atom is 0.229 e. The number of hydrogen-bond acceptors (Lipinski definition) is 1. The summed E-state index contributed by atoms with van der Waals surface area (Å²) in [6.45, 7) is 1.07. The Morgan fingerprint density at radius 2 is 2.05 bits per heavy atom. The molecular formula is C16H15N2O+. The quantitative estimate of drug-likeness (QED) is 0.639. The maximum absolute atomic E-state index is 9.23. The average molecular weight is 251 g/mol. The lowest BCUT2D eigenvalue weighted by Gasteiger charge is -2.11. The number of aliphatic hydroxyl groups is 1. The number of rotatable bonds is 1. The number of fused-ring (bicyclic) bond motifs is 5. The summed E-state index contributed by atoms with van der Waals surface area (Å²) in [6, 6.07) is 12.6. The van der Waals surface area contributed by atoms with Gasteiger partial charge in [-0.1, -0.05) is 18.2 Å². The van der Waals surface area contributed by atoms with Crippen LogP contribution in [0.15, 0.2) is 42.6 Å². The van der Waals surface area contributed by atoms with Crippen LogP contribution in [0.4, 0.5) is 0 Å². The zero-order chi connectivity index (χ0) is 12.8. The fourth-order valence-corrected chi connectivity index (χ4v) is 3.01. The molecule has 0 aliphatic carbocycles. The Hall–Kier alpha value is -2.13. The van der Waals surface area contributed by atoms with E-state index in [0.29, 0.717) is 0 Å². The Bertz CT molecular complexity index is 774. The topological polar surface area (TPSA) is 39.9 Å². The number of nitrogens with zero attached hydrogens (tertiary/aromatic N) is 1. The van der Waals surface area contributed by atoms with E-state index in [-0.39, 0.29) is 6.61 Å². The van der Waals surface area contributed by atoms with Gasteiger partial charge in [0.1, 0.15) is 5.69 Å². The molecule has 0 saturated heterocycles. The van der Waals surface area contributed by atoms with E-state index in [0.717, 1.165) is 18.5 Å². The summed E-state index contributed by atoms with van der Waals surface area (Å²) in [7, 11) is 0. The van der Waals surface area contributed by atoms with Crippen molar-refractivity contribution in [2.45, 2.75) is 19.6 Å². The van der Waals surface area contributed by atoms with Crippen LogP contribution in [0, 0.1) is 0 Å². The van der Waals surface area contributed by atoms with Gasteiger partial charge >= 0.3 is 0 Å². The zero-order valence-electron chi connectivity index (χ0n) is 10.6. The van der Waals surface area contributed by atoms with Gasteiger partial charge in [0.25, 0.3) is 0 Å². The smallest absolute Gasteiger partial charge is 0.229 e. The number of aromatic nitrogens is 2. The molecule has 0 atom stereocenters. The number of aliphatic hydroxyl groups excluding tert-OH is 1. The number of benzene rings is 1. The first-order valence-electron chi connectivity index (χ1n) is 6.60. The number of pyridine rings is 1. The van der Waals surface area contributed by atoms with Gasteiger partial charge in [0.2, 0.25) is 5.69 Å². The molecule has 2 N–H and O–H groups in total. The molecule has 0 bridgehead atoms. The molecular weight excluding hydrogens is 236 g/mol. The zero-order valence-corrected chi connectivity index (χ0v) is 10.6. The molecule has 1 aromatic carbocycles. The van der Waals surface area contributed by atoms with Crippen LogP contribution in [0.3, 0.4) is 0 Å². The summed E-state index contributed by atoms with van der Waals surface area (Å²) in [6.07, 6.45) is 3.08. The molecule has 1 aliphatic rings. The van der Waals surface area contributed by atoms with Gasteiger partial charge in [0.15, 0.2) is 12.7 Å². The molecule has 0 spiro atoms. The van der Waals surface area contributed by atoms with Crippen molar-refractivity contribution in [1.29, 1.82) is 0 Å². The van der Waals surface area contributed by atoms with Crippen molar-refractivity contribution in [3.8, 4) is 11.4 Å². The molecule has 3 heteroatoms. The van der Waals surface area contributed by atoms with Gasteiger partial charge in [-0.2, -0.15) is 4.57 Å². The summed E-state index contributed by atoms with van der Waals surface area (Å²) in [5, 5.41) is 10.6. The second-order valence-corrected chi connectivity index (χ2v) is 5.05. The van der Waals surface area contributed by atoms with Crippen LogP contribution >= 0.6 is 0 Å². The number of hydrogen-bond donors (Lipinski definition) is 2. The van der Waals surface area contributed by atoms with E-state index in [9.17, 15) is 5.11 Å². The Balaban J connectivity index is 1.99. The largest absolute Gasteiger partial charge is 0.391 e. The number of aromatic amines is 1. The number of aryl methyl sites for hydroxylation is 2. The molecule has 94 valence electrons. The summed E-state index contributed by atoms with van der Waals surface area (Å²) < 4.78 is 2.23. The first-order chi connectivity index (χ1) is 9.36. The minimum absolute atomic E-state index is 0.0971. The fraction of sp³-hybridized carbons (Fsp3) is 0.188. The summed E-state index contributed by atoms with van der Waals surface area (Å²) in [5.41, 5.74) is 5.99. The Morgan fingerprint density at radius 3 is 2.95 bits per heavy atom. The van der Waals surface area contributed by atoms with E-state index < -0.39 is 0 Å². The lowest BCUT2D eigenvalue weighted by molar-refractivity contribution is -0.688. The third-order valence-corrected chi connectivity index (χ3v) is 3.94. The monoisotopic (exact) mass is 251 g/mol. The van der Waals surface area contributed by atoms with E-state index in [1.807, 2.05) is 12.3 Å². The standard InChI is InChI=1S/C16H14N2O/c19-10-11-5-6-15-16-13(7-8-18(15)9-11)12-3-1-2-4-14(12)17-16/h1-6,9,19H,7-8,10H2/p+1. The van der Waals surface area contributed by atoms with E-state index in [2.05, 4.69) is 39.9 Å². The highest BCUT2D eigenvalue weighted by molar-refractivity contribution is 5.90. The maximum atomic E-state index is 9.23. The number of nitrogens with one attached hydrogen (secondary N) is 1. The lowest BCUT2D eigenvalue weighted by atomic mass is 10.0. The second-order valence-electron chi connectivity index (χ2n) is 5.05. The van der Waals surface area contributed by atoms with Gasteiger partial charge in [-0.25, -0.2) is 0 Å². The molecule has 1 aliphatic heterocycles. The Kier molecular flexibility index (Phi) is 2.23. The van der Waals surface area contributed by atoms with Crippen LogP contribution in [0.25, 0.3) is 22.3 Å². The van der Waals surface area contributed by atoms with E-state index in [1.54, 1.807) is 0 Å². The molecule has 0 fully saturated rings. The fourth-order valence-electron chi connectivity index (χ4n) is 3.01. The first kappa shape index (κ1) is 10.8. The minimum atomic E-state index is 0.0971. The van der Waals surface area contributed by atoms with Crippen LogP contribution in [-0.2, 0) is 19.6 Å². The van der Waals surface area contributed by atoms with Crippen molar-refractivity contribution in [3.05, 3.63) is 53.7 Å². The average Bonchev–Trinajstić information content (AvgIpc) is 2.85. The number of para-hydroxylation sites is 1. The Morgan fingerprint density at radius 1 is 1.16 bits per heavy atom. The van der Waals surface area contributed by atoms with Gasteiger partial charge in [0, 0.05) is 29.0 Å². The molecule has 0 radical (unpaired) electrons. The second kappa shape index (κ2) is 3.93. The third-order valence-electron chi connectivity index (χ3n) is 3.94. The van der Waals surface area contributed by atoms with Crippen LogP contribution < -0.4 is 4.57 Å². The first-order valence-corrected chi connectivity index (χ1v) is 6.60. The molecule has 3 nitrogen and oxygen atoms in total. The van der Waals surface area contributed by atoms with E-state index in [4.69, 9.17) is 0 Å². The van der Waals surface area contributed by atoms with Gasteiger partial charge in [-0.3, -0.25) is 0 Å². The molecule has 2 aromatic heterocycles. The SMILES string of the molecule is OCc1ccc2[n+](c1)CCc1c-2[nH]c2ccccc12. The molecule has 0 saturated carbocycles. The Labute approximate surface area is 111 Å². The minimum Gasteiger partial charge on any atom is -0.391 e. The van der Waals surface area contributed by atoms with Crippen LogP contribution in [0.1, 0.15) is 11.1 Å². The molecule has 3 heterocycles. The summed E-state index contributed by atoms with van der Waals surface area (Å²) in [4.78, 5) is 3.53. The van der Waals surface area contributed by atoms with Crippen LogP contribution in [0.5, 0.6) is 0 Å². The highest BCUT2D eigenvalue weighted by Gasteiger charge is 2.26. The summed E-state index contributed by atoms with van der Waals surface area (Å²) in [5.74, 6) is 0. The third kappa shape index (κ3) is 1.52. The molecule has 19 heavy (non-hydrogen) atoms. The normalized spacial score (nSPS) is 13.3. The van der Waals surface area contributed by atoms with Crippen molar-refractivity contribution in [1.82, 2.24) is 4.98 Å². The van der Waals surface area contributed by atoms with E-state index in [1.165, 1.54) is 27.9 Å². The van der Waals surface area contributed by atoms with Gasteiger partial charge in [-0.15, -0.1) is 0 Å². The highest BCUT2D eigenvalue weighted by Crippen LogP contribution is 2.31. The van der Waals surface area contributed by atoms with Crippen molar-refractivity contribution < 1.29 is 9.67 Å². The van der Waals surface area contributed by atoms with Crippen molar-refractivity contribution in [2.75, 3.05) is 0 Å². The molecule has 0 amide bonds. The molecule has 0 unspecified atom stereocenters. The van der Waals surface area contributed by atoms with Crippen molar-refractivity contribution >= 4 is 10.9 Å². The van der Waals surface area contributed by atoms with E-state index >= 15 is 0 Å². The van der Waals surface area contributed by atoms with Gasteiger partial charge in [-0.05, 0) is 17.7 Å². The van der Waals surface area contributed by atoms with Crippen LogP contribution in [0.2, 0.25) is 0 Å². The predicted molar refractivity (Wildman–Crippen MR) is 73.6 cm³/mol. The van der Waals surface area contributed by atoms with Gasteiger partial charge < -0.3 is 10.1 Å². The predicted octanol–water partition coefficient (Wildman–Crippen LogP) is 2.17. The summed E-state index contributed by atoms with van der Waals surface area (Å²) >= 11 is 0. The van der Waals surface area contributed by atoms with Crippen molar-refractivity contribution in [2.24, 2.45) is 0 Å². The van der Waals surface area contributed by atoms with Crippen LogP contribution in [-0.4, -0.2) is 10.1 Å².